The van der Waals surface area contributed by atoms with Gasteiger partial charge in [0.1, 0.15) is 0 Å². The topological polar surface area (TPSA) is 0 Å². The Hall–Kier alpha value is -1.35. The minimum Gasteiger partial charge on any atom is -0.0694 e. The summed E-state index contributed by atoms with van der Waals surface area (Å²) in [7, 11) is 0. The number of rotatable bonds is 4. The highest BCUT2D eigenvalue weighted by Crippen LogP contribution is 2.25. The lowest BCUT2D eigenvalue weighted by Crippen LogP contribution is -1.91. The number of allylic oxidation sites excluding steroid dienone is 4. The molecule has 0 amide bonds. The van der Waals surface area contributed by atoms with Crippen LogP contribution in [0.5, 0.6) is 0 Å². The van der Waals surface area contributed by atoms with E-state index in [1.807, 2.05) is 0 Å². The average Bonchev–Trinajstić information content (AvgIpc) is 2.48. The van der Waals surface area contributed by atoms with Crippen molar-refractivity contribution >= 4 is 28.2 Å². The summed E-state index contributed by atoms with van der Waals surface area (Å²) in [6.07, 6.45) is 4.59. The molecular formula is C19H19I. The van der Waals surface area contributed by atoms with Crippen LogP contribution in [0.25, 0.3) is 5.57 Å². The van der Waals surface area contributed by atoms with Gasteiger partial charge in [-0.15, -0.1) is 0 Å². The van der Waals surface area contributed by atoms with Crippen LogP contribution in [0, 0.1) is 0 Å². The van der Waals surface area contributed by atoms with E-state index in [0.29, 0.717) is 5.92 Å². The van der Waals surface area contributed by atoms with Gasteiger partial charge in [-0.05, 0) is 61.8 Å². The SMILES string of the molecule is C/C(I)=C\C(=C/C(C)c1ccccc1)c1ccccc1. The predicted octanol–water partition coefficient (Wildman–Crippen LogP) is 6.21. The smallest absolute Gasteiger partial charge is 0.000123 e. The molecule has 20 heavy (non-hydrogen) atoms. The predicted molar refractivity (Wildman–Crippen MR) is 97.1 cm³/mol. The molecule has 1 atom stereocenters. The molecule has 0 spiro atoms. The summed E-state index contributed by atoms with van der Waals surface area (Å²) in [5, 5.41) is 0. The monoisotopic (exact) mass is 374 g/mol. The van der Waals surface area contributed by atoms with Crippen molar-refractivity contribution in [1.82, 2.24) is 0 Å². The van der Waals surface area contributed by atoms with Gasteiger partial charge in [-0.3, -0.25) is 0 Å². The molecular weight excluding hydrogens is 355 g/mol. The highest BCUT2D eigenvalue weighted by Gasteiger charge is 2.05. The first-order valence-corrected chi connectivity index (χ1v) is 7.90. The van der Waals surface area contributed by atoms with Gasteiger partial charge in [0.25, 0.3) is 0 Å². The van der Waals surface area contributed by atoms with Gasteiger partial charge in [-0.1, -0.05) is 73.7 Å². The van der Waals surface area contributed by atoms with Gasteiger partial charge in [0.2, 0.25) is 0 Å². The first-order chi connectivity index (χ1) is 9.66. The van der Waals surface area contributed by atoms with E-state index in [1.54, 1.807) is 0 Å². The molecule has 0 bridgehead atoms. The molecule has 0 aliphatic carbocycles. The summed E-state index contributed by atoms with van der Waals surface area (Å²) >= 11 is 2.37. The van der Waals surface area contributed by atoms with Crippen LogP contribution >= 0.6 is 22.6 Å². The number of halogens is 1. The maximum Gasteiger partial charge on any atom is -0.000123 e. The van der Waals surface area contributed by atoms with E-state index < -0.39 is 0 Å². The molecule has 102 valence electrons. The average molecular weight is 374 g/mol. The first kappa shape index (κ1) is 15.0. The zero-order valence-corrected chi connectivity index (χ0v) is 14.0. The minimum atomic E-state index is 0.401. The van der Waals surface area contributed by atoms with Gasteiger partial charge in [0, 0.05) is 0 Å². The van der Waals surface area contributed by atoms with Crippen LogP contribution in [0.2, 0.25) is 0 Å². The molecule has 1 unspecified atom stereocenters. The number of hydrogen-bond donors (Lipinski definition) is 0. The van der Waals surface area contributed by atoms with Crippen LogP contribution in [0.3, 0.4) is 0 Å². The van der Waals surface area contributed by atoms with E-state index in [9.17, 15) is 0 Å². The highest BCUT2D eigenvalue weighted by atomic mass is 127. The maximum atomic E-state index is 2.37. The Morgan fingerprint density at radius 1 is 0.950 bits per heavy atom. The third-order valence-corrected chi connectivity index (χ3v) is 3.53. The van der Waals surface area contributed by atoms with Crippen molar-refractivity contribution in [3.05, 3.63) is 87.5 Å². The molecule has 0 N–H and O–H groups in total. The lowest BCUT2D eigenvalue weighted by molar-refractivity contribution is 0.970. The molecule has 0 aliphatic heterocycles. The Bertz CT molecular complexity index is 590. The zero-order chi connectivity index (χ0) is 14.4. The van der Waals surface area contributed by atoms with E-state index in [-0.39, 0.29) is 0 Å². The standard InChI is InChI=1S/C19H19I/c1-15(17-9-5-3-6-10-17)13-19(14-16(2)20)18-11-7-4-8-12-18/h3-15H,1-2H3/b16-14+,19-13+. The van der Waals surface area contributed by atoms with Crippen molar-refractivity contribution in [1.29, 1.82) is 0 Å². The van der Waals surface area contributed by atoms with Crippen LogP contribution < -0.4 is 0 Å². The summed E-state index contributed by atoms with van der Waals surface area (Å²) in [6.45, 7) is 4.37. The van der Waals surface area contributed by atoms with Crippen molar-refractivity contribution in [2.75, 3.05) is 0 Å². The fourth-order valence-electron chi connectivity index (χ4n) is 2.19. The molecule has 1 heteroatoms. The second kappa shape index (κ2) is 7.44. The van der Waals surface area contributed by atoms with E-state index in [1.165, 1.54) is 20.3 Å². The molecule has 0 aromatic heterocycles. The van der Waals surface area contributed by atoms with Crippen molar-refractivity contribution in [3.63, 3.8) is 0 Å². The molecule has 0 nitrogen and oxygen atoms in total. The van der Waals surface area contributed by atoms with Crippen LogP contribution in [0.15, 0.2) is 76.4 Å². The number of hydrogen-bond acceptors (Lipinski definition) is 0. The van der Waals surface area contributed by atoms with Crippen molar-refractivity contribution < 1.29 is 0 Å². The summed E-state index contributed by atoms with van der Waals surface area (Å²) in [6, 6.07) is 21.2. The Labute approximate surface area is 135 Å². The van der Waals surface area contributed by atoms with Crippen LogP contribution in [0.4, 0.5) is 0 Å². The molecule has 2 rings (SSSR count). The fraction of sp³-hybridized carbons (Fsp3) is 0.158. The van der Waals surface area contributed by atoms with Gasteiger partial charge >= 0.3 is 0 Å². The fourth-order valence-corrected chi connectivity index (χ4v) is 2.53. The lowest BCUT2D eigenvalue weighted by Gasteiger charge is -2.10. The van der Waals surface area contributed by atoms with E-state index in [4.69, 9.17) is 0 Å². The maximum absolute atomic E-state index is 2.37. The Balaban J connectivity index is 2.37. The van der Waals surface area contributed by atoms with Crippen molar-refractivity contribution in [2.45, 2.75) is 19.8 Å². The van der Waals surface area contributed by atoms with Gasteiger partial charge < -0.3 is 0 Å². The minimum absolute atomic E-state index is 0.401. The first-order valence-electron chi connectivity index (χ1n) is 6.83. The van der Waals surface area contributed by atoms with E-state index >= 15 is 0 Å². The van der Waals surface area contributed by atoms with E-state index in [0.717, 1.165) is 0 Å². The summed E-state index contributed by atoms with van der Waals surface area (Å²) in [4.78, 5) is 0. The van der Waals surface area contributed by atoms with E-state index in [2.05, 4.69) is 109 Å². The third-order valence-electron chi connectivity index (χ3n) is 3.22. The molecule has 0 heterocycles. The summed E-state index contributed by atoms with van der Waals surface area (Å²) < 4.78 is 1.29. The van der Waals surface area contributed by atoms with Gasteiger partial charge in [0.15, 0.2) is 0 Å². The normalized spacial score (nSPS) is 14.2. The molecule has 0 radical (unpaired) electrons. The lowest BCUT2D eigenvalue weighted by atomic mass is 9.95. The third kappa shape index (κ3) is 4.34. The van der Waals surface area contributed by atoms with Crippen molar-refractivity contribution in [3.8, 4) is 0 Å². The Morgan fingerprint density at radius 3 is 2.05 bits per heavy atom. The largest absolute Gasteiger partial charge is 0.0694 e. The van der Waals surface area contributed by atoms with Crippen molar-refractivity contribution in [2.24, 2.45) is 0 Å². The second-order valence-corrected chi connectivity index (χ2v) is 6.62. The van der Waals surface area contributed by atoms with Crippen LogP contribution in [-0.2, 0) is 0 Å². The van der Waals surface area contributed by atoms with Gasteiger partial charge in [-0.2, -0.15) is 0 Å². The highest BCUT2D eigenvalue weighted by molar-refractivity contribution is 14.1. The zero-order valence-electron chi connectivity index (χ0n) is 11.9. The van der Waals surface area contributed by atoms with Gasteiger partial charge in [-0.25, -0.2) is 0 Å². The summed E-state index contributed by atoms with van der Waals surface area (Å²) in [5.74, 6) is 0.401. The summed E-state index contributed by atoms with van der Waals surface area (Å²) in [5.41, 5.74) is 3.90. The van der Waals surface area contributed by atoms with Crippen LogP contribution in [-0.4, -0.2) is 0 Å². The van der Waals surface area contributed by atoms with Gasteiger partial charge in [0.05, 0.1) is 0 Å². The molecule has 0 saturated carbocycles. The number of benzene rings is 2. The second-order valence-electron chi connectivity index (χ2n) is 4.92. The molecule has 2 aromatic carbocycles. The quantitative estimate of drug-likeness (QED) is 0.441. The molecule has 2 aromatic rings. The van der Waals surface area contributed by atoms with Crippen LogP contribution in [0.1, 0.15) is 30.9 Å². The molecule has 0 aliphatic rings. The Kier molecular flexibility index (Phi) is 5.60. The molecule has 0 fully saturated rings. The Morgan fingerprint density at radius 2 is 1.50 bits per heavy atom. The molecule has 0 saturated heterocycles.